The van der Waals surface area contributed by atoms with Crippen molar-refractivity contribution >= 4 is 28.2 Å². The highest BCUT2D eigenvalue weighted by molar-refractivity contribution is 5.78. The van der Waals surface area contributed by atoms with Crippen LogP contribution in [0.15, 0.2) is 41.2 Å². The Bertz CT molecular complexity index is 1620. The first-order chi connectivity index (χ1) is 18.8. The van der Waals surface area contributed by atoms with Gasteiger partial charge in [0.1, 0.15) is 17.2 Å². The van der Waals surface area contributed by atoms with Gasteiger partial charge in [0.05, 0.1) is 28.6 Å². The number of carbonyl (C=O) groups is 1. The molecule has 12 heteroatoms. The van der Waals surface area contributed by atoms with Crippen LogP contribution >= 0.6 is 0 Å². The van der Waals surface area contributed by atoms with E-state index in [1.54, 1.807) is 54.2 Å². The molecule has 1 N–H and O–H groups in total. The zero-order valence-corrected chi connectivity index (χ0v) is 22.5. The average molecular weight is 562 g/mol. The summed E-state index contributed by atoms with van der Waals surface area (Å²) in [5.41, 5.74) is 1.90. The Labute approximate surface area is 227 Å². The van der Waals surface area contributed by atoms with Crippen LogP contribution in [0.1, 0.15) is 63.9 Å². The van der Waals surface area contributed by atoms with Gasteiger partial charge in [-0.25, -0.2) is 19.0 Å². The molecule has 1 saturated carbocycles. The van der Waals surface area contributed by atoms with Gasteiger partial charge in [-0.15, -0.1) is 0 Å². The fourth-order valence-electron chi connectivity index (χ4n) is 4.86. The smallest absolute Gasteiger partial charge is 0.407 e. The van der Waals surface area contributed by atoms with Gasteiger partial charge in [0.2, 0.25) is 0 Å². The van der Waals surface area contributed by atoms with E-state index in [0.717, 1.165) is 18.4 Å². The van der Waals surface area contributed by atoms with Crippen LogP contribution in [-0.2, 0) is 24.4 Å². The van der Waals surface area contributed by atoms with Crippen LogP contribution in [0.2, 0.25) is 0 Å². The molecule has 2 heterocycles. The first kappa shape index (κ1) is 27.7. The maximum absolute atomic E-state index is 14.2. The molecular weight excluding hydrogens is 530 g/mol. The summed E-state index contributed by atoms with van der Waals surface area (Å²) < 4.78 is 63.1. The molecule has 1 amide bonds. The van der Waals surface area contributed by atoms with Gasteiger partial charge in [-0.2, -0.15) is 13.2 Å². The third-order valence-corrected chi connectivity index (χ3v) is 6.71. The second-order valence-electron chi connectivity index (χ2n) is 11.2. The summed E-state index contributed by atoms with van der Waals surface area (Å²) in [4.78, 5) is 30.2. The lowest BCUT2D eigenvalue weighted by Crippen LogP contribution is -2.32. The maximum Gasteiger partial charge on any atom is 0.407 e. The molecule has 40 heavy (non-hydrogen) atoms. The van der Waals surface area contributed by atoms with E-state index in [2.05, 4.69) is 10.3 Å². The predicted octanol–water partition coefficient (Wildman–Crippen LogP) is 6.04. The number of carbonyl (C=O) groups excluding carboxylic acids is 1. The van der Waals surface area contributed by atoms with E-state index in [-0.39, 0.29) is 37.8 Å². The van der Waals surface area contributed by atoms with Gasteiger partial charge < -0.3 is 14.6 Å². The highest BCUT2D eigenvalue weighted by atomic mass is 19.4. The Morgan fingerprint density at radius 1 is 1.05 bits per heavy atom. The van der Waals surface area contributed by atoms with Gasteiger partial charge in [0.25, 0.3) is 0 Å². The van der Waals surface area contributed by atoms with Crippen LogP contribution in [0.25, 0.3) is 22.1 Å². The third kappa shape index (κ3) is 6.15. The molecule has 214 valence electrons. The van der Waals surface area contributed by atoms with E-state index in [4.69, 9.17) is 4.74 Å². The number of nitrogens with zero attached hydrogens (tertiary/aromatic N) is 4. The van der Waals surface area contributed by atoms with Gasteiger partial charge in [0.15, 0.2) is 0 Å². The van der Waals surface area contributed by atoms with Gasteiger partial charge >= 0.3 is 18.0 Å². The molecule has 0 bridgehead atoms. The Balaban J connectivity index is 1.50. The summed E-state index contributed by atoms with van der Waals surface area (Å²) >= 11 is 0. The monoisotopic (exact) mass is 561 g/mol. The van der Waals surface area contributed by atoms with Crippen molar-refractivity contribution < 1.29 is 27.1 Å². The molecule has 5 rings (SSSR count). The van der Waals surface area contributed by atoms with Crippen molar-refractivity contribution in [2.24, 2.45) is 0 Å². The third-order valence-electron chi connectivity index (χ3n) is 6.71. The number of aromatic nitrogens is 4. The first-order valence-electron chi connectivity index (χ1n) is 13.2. The van der Waals surface area contributed by atoms with Crippen molar-refractivity contribution in [3.8, 4) is 0 Å². The molecule has 0 aliphatic heterocycles. The van der Waals surface area contributed by atoms with E-state index < -0.39 is 30.1 Å². The molecule has 1 aliphatic rings. The summed E-state index contributed by atoms with van der Waals surface area (Å²) in [6.45, 7) is 5.43. The second-order valence-corrected chi connectivity index (χ2v) is 11.2. The number of aryl methyl sites for hydroxylation is 1. The number of amides is 1. The molecule has 0 spiro atoms. The zero-order valence-electron chi connectivity index (χ0n) is 22.5. The molecule has 0 saturated heterocycles. The predicted molar refractivity (Wildman–Crippen MR) is 142 cm³/mol. The van der Waals surface area contributed by atoms with Gasteiger partial charge in [0, 0.05) is 25.6 Å². The summed E-state index contributed by atoms with van der Waals surface area (Å²) in [6.07, 6.45) is -4.31. The summed E-state index contributed by atoms with van der Waals surface area (Å²) in [6, 6.07) is 9.47. The minimum absolute atomic E-state index is 0.0330. The Morgan fingerprint density at radius 3 is 2.45 bits per heavy atom. The van der Waals surface area contributed by atoms with E-state index >= 15 is 0 Å². The maximum atomic E-state index is 14.2. The average Bonchev–Trinajstić information content (AvgIpc) is 3.57. The van der Waals surface area contributed by atoms with E-state index in [1.165, 1.54) is 16.7 Å². The van der Waals surface area contributed by atoms with Crippen molar-refractivity contribution in [3.63, 3.8) is 0 Å². The van der Waals surface area contributed by atoms with Crippen LogP contribution in [0.3, 0.4) is 0 Å². The Morgan fingerprint density at radius 2 is 1.77 bits per heavy atom. The molecule has 1 fully saturated rings. The molecule has 2 aromatic carbocycles. The number of hydrogen-bond donors (Lipinski definition) is 1. The Kier molecular flexibility index (Phi) is 7.13. The number of alkyl halides is 3. The molecule has 2 aromatic heterocycles. The van der Waals surface area contributed by atoms with Crippen molar-refractivity contribution in [1.82, 2.24) is 24.0 Å². The lowest BCUT2D eigenvalue weighted by atomic mass is 10.2. The van der Waals surface area contributed by atoms with E-state index in [9.17, 15) is 27.2 Å². The molecule has 8 nitrogen and oxygen atoms in total. The highest BCUT2D eigenvalue weighted by Gasteiger charge is 2.30. The van der Waals surface area contributed by atoms with E-state index in [1.807, 2.05) is 0 Å². The van der Waals surface area contributed by atoms with Crippen LogP contribution < -0.4 is 11.0 Å². The minimum atomic E-state index is -4.30. The van der Waals surface area contributed by atoms with Gasteiger partial charge in [-0.3, -0.25) is 9.13 Å². The number of ether oxygens (including phenoxy) is 1. The number of nitrogens with one attached hydrogen (secondary N) is 1. The largest absolute Gasteiger partial charge is 0.444 e. The van der Waals surface area contributed by atoms with Crippen LogP contribution in [-0.4, -0.2) is 36.6 Å². The quantitative estimate of drug-likeness (QED) is 0.266. The number of halogens is 4. The molecule has 0 unspecified atom stereocenters. The number of hydrogen-bond acceptors (Lipinski definition) is 4. The van der Waals surface area contributed by atoms with Gasteiger partial charge in [-0.1, -0.05) is 6.07 Å². The fourth-order valence-corrected chi connectivity index (χ4v) is 4.86. The first-order valence-corrected chi connectivity index (χ1v) is 13.2. The van der Waals surface area contributed by atoms with Crippen molar-refractivity contribution in [3.05, 3.63) is 64.1 Å². The van der Waals surface area contributed by atoms with Crippen LogP contribution in [0.5, 0.6) is 0 Å². The number of imidazole rings is 2. The fraction of sp³-hybridized carbons (Fsp3) is 0.464. The zero-order chi connectivity index (χ0) is 28.8. The number of rotatable bonds is 8. The van der Waals surface area contributed by atoms with E-state index in [0.29, 0.717) is 27.9 Å². The van der Waals surface area contributed by atoms with Crippen LogP contribution in [0, 0.1) is 5.82 Å². The minimum Gasteiger partial charge on any atom is -0.444 e. The summed E-state index contributed by atoms with van der Waals surface area (Å²) in [5, 5.41) is 2.68. The Hall–Kier alpha value is -3.83. The SMILES string of the molecule is CC(C)(C)OC(=O)NCc1ccc2c(c1)nc(Cn1c(=O)n(C3CC3)c3ccc(F)cc31)n2CCCC(F)(F)F. The standard InChI is InChI=1S/C28H31F4N5O3/c1-27(2,3)40-25(38)33-15-17-5-9-21-20(13-17)34-24(35(21)12-4-11-28(30,31)32)16-36-23-14-18(29)6-10-22(23)37(26(36)39)19-7-8-19/h5-6,9-10,13-14,19H,4,7-8,11-12,15-16H2,1-3H3,(H,33,38). The number of fused-ring (bicyclic) bond motifs is 2. The van der Waals surface area contributed by atoms with Crippen molar-refractivity contribution in [2.45, 2.75) is 83.9 Å². The lowest BCUT2D eigenvalue weighted by Gasteiger charge is -2.19. The lowest BCUT2D eigenvalue weighted by molar-refractivity contribution is -0.135. The van der Waals surface area contributed by atoms with Gasteiger partial charge in [-0.05, 0) is 75.9 Å². The summed E-state index contributed by atoms with van der Waals surface area (Å²) in [5.74, 6) is -0.106. The molecule has 4 aromatic rings. The van der Waals surface area contributed by atoms with Crippen LogP contribution in [0.4, 0.5) is 22.4 Å². The highest BCUT2D eigenvalue weighted by Crippen LogP contribution is 2.36. The second kappa shape index (κ2) is 10.3. The molecule has 1 aliphatic carbocycles. The normalized spacial score (nSPS) is 14.3. The van der Waals surface area contributed by atoms with Crippen molar-refractivity contribution in [2.75, 3.05) is 0 Å². The topological polar surface area (TPSA) is 83.1 Å². The molecule has 0 atom stereocenters. The number of alkyl carbamates (subject to hydrolysis) is 1. The van der Waals surface area contributed by atoms with Crippen molar-refractivity contribution in [1.29, 1.82) is 0 Å². The number of benzene rings is 2. The summed E-state index contributed by atoms with van der Waals surface area (Å²) in [7, 11) is 0. The molecule has 0 radical (unpaired) electrons. The molecular formula is C28H31F4N5O3.